The van der Waals surface area contributed by atoms with Crippen molar-refractivity contribution in [2.24, 2.45) is 0 Å². The maximum Gasteiger partial charge on any atom is 0.375 e. The van der Waals surface area contributed by atoms with Crippen LogP contribution in [0.25, 0.3) is 11.0 Å². The maximum atomic E-state index is 12.1. The molecule has 0 unspecified atom stereocenters. The van der Waals surface area contributed by atoms with Gasteiger partial charge < -0.3 is 19.0 Å². The van der Waals surface area contributed by atoms with Gasteiger partial charge in [0.05, 0.1) is 5.39 Å². The molecule has 3 rings (SSSR count). The summed E-state index contributed by atoms with van der Waals surface area (Å²) in [5.74, 6) is -1.05. The largest absolute Gasteiger partial charge is 0.449 e. The van der Waals surface area contributed by atoms with E-state index in [4.69, 9.17) is 13.7 Å². The molecule has 0 aliphatic rings. The van der Waals surface area contributed by atoms with E-state index in [1.165, 1.54) is 13.0 Å². The Morgan fingerprint density at radius 2 is 2.00 bits per heavy atom. The number of aromatic nitrogens is 1. The highest BCUT2D eigenvalue weighted by Gasteiger charge is 2.22. The Morgan fingerprint density at radius 1 is 1.24 bits per heavy atom. The summed E-state index contributed by atoms with van der Waals surface area (Å²) in [6.45, 7) is 3.06. The third kappa shape index (κ3) is 3.57. The van der Waals surface area contributed by atoms with Crippen LogP contribution in [0.5, 0.6) is 0 Å². The van der Waals surface area contributed by atoms with Crippen molar-refractivity contribution in [2.75, 3.05) is 5.32 Å². The van der Waals surface area contributed by atoms with E-state index in [0.29, 0.717) is 11.1 Å². The van der Waals surface area contributed by atoms with E-state index in [9.17, 15) is 14.4 Å². The van der Waals surface area contributed by atoms with E-state index in [-0.39, 0.29) is 22.6 Å². The number of anilines is 1. The van der Waals surface area contributed by atoms with Crippen LogP contribution in [0.3, 0.4) is 0 Å². The van der Waals surface area contributed by atoms with Crippen molar-refractivity contribution >= 4 is 28.7 Å². The van der Waals surface area contributed by atoms with Crippen molar-refractivity contribution < 1.29 is 23.3 Å². The number of esters is 1. The van der Waals surface area contributed by atoms with E-state index < -0.39 is 18.0 Å². The van der Waals surface area contributed by atoms with Gasteiger partial charge in [0.2, 0.25) is 5.76 Å². The number of carbonyl (C=O) groups excluding carboxylic acids is 2. The minimum absolute atomic E-state index is 0.211. The average molecular weight is 342 g/mol. The first-order chi connectivity index (χ1) is 11.9. The Hall–Kier alpha value is -3.42. The second-order valence-corrected chi connectivity index (χ2v) is 5.33. The standard InChI is InChI=1S/C17H14N2O6/c1-9-7-15(19-25-9)18-16(21)10(2)23-17(22)14-8-12(20)11-5-3-4-6-13(11)24-14/h3-8,10H,1-2H3,(H,18,19,21)/t10-/m1/s1. The Bertz CT molecular complexity index is 1000. The minimum Gasteiger partial charge on any atom is -0.449 e. The molecule has 2 aromatic heterocycles. The second-order valence-electron chi connectivity index (χ2n) is 5.33. The average Bonchev–Trinajstić information content (AvgIpc) is 2.99. The molecule has 8 nitrogen and oxygen atoms in total. The molecule has 0 spiro atoms. The number of nitrogens with zero attached hydrogens (tertiary/aromatic N) is 1. The van der Waals surface area contributed by atoms with Gasteiger partial charge in [-0.15, -0.1) is 0 Å². The number of ether oxygens (including phenoxy) is 1. The number of nitrogens with one attached hydrogen (secondary N) is 1. The van der Waals surface area contributed by atoms with Gasteiger partial charge in [0.15, 0.2) is 17.4 Å². The molecule has 128 valence electrons. The van der Waals surface area contributed by atoms with E-state index in [1.54, 1.807) is 31.2 Å². The fraction of sp³-hybridized carbons (Fsp3) is 0.176. The molecule has 0 radical (unpaired) electrons. The smallest absolute Gasteiger partial charge is 0.375 e. The quantitative estimate of drug-likeness (QED) is 0.724. The topological polar surface area (TPSA) is 112 Å². The normalized spacial score (nSPS) is 11.9. The summed E-state index contributed by atoms with van der Waals surface area (Å²) in [5.41, 5.74) is -0.110. The zero-order chi connectivity index (χ0) is 18.0. The molecule has 0 bridgehead atoms. The molecule has 0 aliphatic carbocycles. The highest BCUT2D eigenvalue weighted by atomic mass is 16.6. The molecule has 1 aromatic carbocycles. The van der Waals surface area contributed by atoms with Crippen LogP contribution in [0, 0.1) is 6.92 Å². The third-order valence-electron chi connectivity index (χ3n) is 3.37. The van der Waals surface area contributed by atoms with Crippen LogP contribution >= 0.6 is 0 Å². The lowest BCUT2D eigenvalue weighted by molar-refractivity contribution is -0.123. The van der Waals surface area contributed by atoms with Crippen LogP contribution in [0.15, 0.2) is 50.1 Å². The summed E-state index contributed by atoms with van der Waals surface area (Å²) in [5, 5.41) is 6.41. The molecular weight excluding hydrogens is 328 g/mol. The summed E-state index contributed by atoms with van der Waals surface area (Å²) < 4.78 is 15.2. The summed E-state index contributed by atoms with van der Waals surface area (Å²) >= 11 is 0. The number of rotatable bonds is 4. The van der Waals surface area contributed by atoms with E-state index in [2.05, 4.69) is 10.5 Å². The molecule has 25 heavy (non-hydrogen) atoms. The van der Waals surface area contributed by atoms with Crippen LogP contribution < -0.4 is 10.7 Å². The van der Waals surface area contributed by atoms with Crippen LogP contribution in [0.1, 0.15) is 23.2 Å². The van der Waals surface area contributed by atoms with Crippen molar-refractivity contribution in [3.05, 3.63) is 58.1 Å². The van der Waals surface area contributed by atoms with Gasteiger partial charge in [-0.2, -0.15) is 0 Å². The summed E-state index contributed by atoms with van der Waals surface area (Å²) in [6.07, 6.45) is -1.12. The van der Waals surface area contributed by atoms with Crippen LogP contribution in [0.4, 0.5) is 5.82 Å². The number of para-hydroxylation sites is 1. The Morgan fingerprint density at radius 3 is 2.72 bits per heavy atom. The number of fused-ring (bicyclic) bond motifs is 1. The van der Waals surface area contributed by atoms with E-state index >= 15 is 0 Å². The number of carbonyl (C=O) groups is 2. The highest BCUT2D eigenvalue weighted by molar-refractivity contribution is 5.96. The lowest BCUT2D eigenvalue weighted by Gasteiger charge is -2.11. The van der Waals surface area contributed by atoms with Crippen LogP contribution in [-0.4, -0.2) is 23.1 Å². The van der Waals surface area contributed by atoms with Crippen molar-refractivity contribution in [1.29, 1.82) is 0 Å². The van der Waals surface area contributed by atoms with Crippen molar-refractivity contribution in [2.45, 2.75) is 20.0 Å². The van der Waals surface area contributed by atoms with Gasteiger partial charge in [-0.25, -0.2) is 4.79 Å². The summed E-state index contributed by atoms with van der Waals surface area (Å²) in [4.78, 5) is 36.1. The maximum absolute atomic E-state index is 12.1. The molecule has 1 atom stereocenters. The fourth-order valence-corrected chi connectivity index (χ4v) is 2.13. The van der Waals surface area contributed by atoms with Gasteiger partial charge in [0, 0.05) is 12.1 Å². The first-order valence-electron chi connectivity index (χ1n) is 7.42. The zero-order valence-corrected chi connectivity index (χ0v) is 13.4. The number of amides is 1. The first kappa shape index (κ1) is 16.4. The molecule has 1 N–H and O–H groups in total. The lowest BCUT2D eigenvalue weighted by Crippen LogP contribution is -2.30. The van der Waals surface area contributed by atoms with Gasteiger partial charge in [-0.1, -0.05) is 17.3 Å². The summed E-state index contributed by atoms with van der Waals surface area (Å²) in [6, 6.07) is 9.08. The minimum atomic E-state index is -1.12. The Kier molecular flexibility index (Phi) is 4.34. The number of hydrogen-bond donors (Lipinski definition) is 1. The molecule has 0 aliphatic heterocycles. The van der Waals surface area contributed by atoms with Crippen molar-refractivity contribution in [1.82, 2.24) is 5.16 Å². The molecule has 0 fully saturated rings. The monoisotopic (exact) mass is 342 g/mol. The molecule has 1 amide bonds. The van der Waals surface area contributed by atoms with Gasteiger partial charge in [0.1, 0.15) is 11.3 Å². The van der Waals surface area contributed by atoms with Gasteiger partial charge in [-0.3, -0.25) is 9.59 Å². The van der Waals surface area contributed by atoms with E-state index in [0.717, 1.165) is 6.07 Å². The number of aryl methyl sites for hydroxylation is 1. The fourth-order valence-electron chi connectivity index (χ4n) is 2.13. The molecule has 8 heteroatoms. The molecule has 0 saturated carbocycles. The van der Waals surface area contributed by atoms with Crippen LogP contribution in [0.2, 0.25) is 0 Å². The van der Waals surface area contributed by atoms with Crippen LogP contribution in [-0.2, 0) is 9.53 Å². The zero-order valence-electron chi connectivity index (χ0n) is 13.4. The predicted molar refractivity (Wildman–Crippen MR) is 87.2 cm³/mol. The van der Waals surface area contributed by atoms with Gasteiger partial charge in [0.25, 0.3) is 5.91 Å². The van der Waals surface area contributed by atoms with E-state index in [1.807, 2.05) is 0 Å². The van der Waals surface area contributed by atoms with Gasteiger partial charge in [-0.05, 0) is 26.0 Å². The molecule has 3 aromatic rings. The number of benzene rings is 1. The van der Waals surface area contributed by atoms with Crippen molar-refractivity contribution in [3.8, 4) is 0 Å². The third-order valence-corrected chi connectivity index (χ3v) is 3.37. The first-order valence-corrected chi connectivity index (χ1v) is 7.42. The molecule has 2 heterocycles. The molecular formula is C17H14N2O6. The Labute approximate surface area is 141 Å². The SMILES string of the molecule is Cc1cc(NC(=O)[C@@H](C)OC(=O)c2cc(=O)c3ccccc3o2)no1. The van der Waals surface area contributed by atoms with Gasteiger partial charge >= 0.3 is 5.97 Å². The highest BCUT2D eigenvalue weighted by Crippen LogP contribution is 2.14. The summed E-state index contributed by atoms with van der Waals surface area (Å²) in [7, 11) is 0. The number of hydrogen-bond acceptors (Lipinski definition) is 7. The van der Waals surface area contributed by atoms with Crippen molar-refractivity contribution in [3.63, 3.8) is 0 Å². The lowest BCUT2D eigenvalue weighted by atomic mass is 10.2. The Balaban J connectivity index is 1.73. The molecule has 0 saturated heterocycles. The predicted octanol–water partition coefficient (Wildman–Crippen LogP) is 2.27. The second kappa shape index (κ2) is 6.60.